The standard InChI is InChI=1S/C21H27N3O5S/c1-14-9-10-15(30(27,28)24-21(2,3)4)13-16(14)20(26)23-17-7-5-6-8-18(17)29-12-11-19(22)25/h5-10,13,24H,11-12H2,1-4H3,(H2,22,25)(H,23,26). The van der Waals surface area contributed by atoms with Crippen LogP contribution >= 0.6 is 0 Å². The number of nitrogens with two attached hydrogens (primary N) is 1. The molecular formula is C21H27N3O5S. The highest BCUT2D eigenvalue weighted by Crippen LogP contribution is 2.25. The Bertz CT molecular complexity index is 1040. The summed E-state index contributed by atoms with van der Waals surface area (Å²) in [5.74, 6) is -0.594. The fourth-order valence-corrected chi connectivity index (χ4v) is 4.07. The average Bonchev–Trinajstić information content (AvgIpc) is 2.61. The van der Waals surface area contributed by atoms with Gasteiger partial charge in [0.1, 0.15) is 5.75 Å². The van der Waals surface area contributed by atoms with Gasteiger partial charge in [0.05, 0.1) is 23.6 Å². The zero-order valence-corrected chi connectivity index (χ0v) is 18.3. The highest BCUT2D eigenvalue weighted by Gasteiger charge is 2.23. The number of benzene rings is 2. The van der Waals surface area contributed by atoms with Crippen LogP contribution in [0.1, 0.15) is 43.1 Å². The number of ether oxygens (including phenoxy) is 1. The lowest BCUT2D eigenvalue weighted by Gasteiger charge is -2.21. The van der Waals surface area contributed by atoms with Crippen LogP contribution < -0.4 is 20.5 Å². The number of amides is 2. The summed E-state index contributed by atoms with van der Waals surface area (Å²) in [7, 11) is -3.79. The van der Waals surface area contributed by atoms with Gasteiger partial charge in [-0.3, -0.25) is 9.59 Å². The number of sulfonamides is 1. The molecule has 2 aromatic carbocycles. The second-order valence-electron chi connectivity index (χ2n) is 7.85. The van der Waals surface area contributed by atoms with E-state index in [2.05, 4.69) is 10.0 Å². The third kappa shape index (κ3) is 6.57. The van der Waals surface area contributed by atoms with Crippen LogP contribution in [-0.4, -0.2) is 32.4 Å². The average molecular weight is 434 g/mol. The molecule has 0 heterocycles. The third-order valence-electron chi connectivity index (χ3n) is 3.95. The van der Waals surface area contributed by atoms with Crippen molar-refractivity contribution in [2.75, 3.05) is 11.9 Å². The zero-order valence-electron chi connectivity index (χ0n) is 17.5. The van der Waals surface area contributed by atoms with Crippen LogP contribution in [0, 0.1) is 6.92 Å². The van der Waals surface area contributed by atoms with Gasteiger partial charge in [-0.15, -0.1) is 0 Å². The number of hydrogen-bond donors (Lipinski definition) is 3. The van der Waals surface area contributed by atoms with Crippen LogP contribution in [0.15, 0.2) is 47.4 Å². The second-order valence-corrected chi connectivity index (χ2v) is 9.53. The van der Waals surface area contributed by atoms with E-state index in [1.807, 2.05) is 0 Å². The Morgan fingerprint density at radius 3 is 2.40 bits per heavy atom. The van der Waals surface area contributed by atoms with Crippen LogP contribution in [0.4, 0.5) is 5.69 Å². The quantitative estimate of drug-likeness (QED) is 0.589. The first kappa shape index (κ1) is 23.4. The largest absolute Gasteiger partial charge is 0.491 e. The number of aryl methyl sites for hydroxylation is 1. The molecule has 30 heavy (non-hydrogen) atoms. The maximum atomic E-state index is 12.9. The van der Waals surface area contributed by atoms with E-state index >= 15 is 0 Å². The minimum Gasteiger partial charge on any atom is -0.491 e. The van der Waals surface area contributed by atoms with Crippen LogP contribution in [0.2, 0.25) is 0 Å². The van der Waals surface area contributed by atoms with Gasteiger partial charge in [0.25, 0.3) is 5.91 Å². The first-order valence-electron chi connectivity index (χ1n) is 9.35. The molecule has 2 amide bonds. The predicted molar refractivity (Wildman–Crippen MR) is 115 cm³/mol. The fourth-order valence-electron chi connectivity index (χ4n) is 2.62. The number of carbonyl (C=O) groups is 2. The third-order valence-corrected chi connectivity index (χ3v) is 5.70. The molecule has 4 N–H and O–H groups in total. The summed E-state index contributed by atoms with van der Waals surface area (Å²) < 4.78 is 33.3. The van der Waals surface area contributed by atoms with Gasteiger partial charge in [-0.05, 0) is 57.5 Å². The summed E-state index contributed by atoms with van der Waals surface area (Å²) in [6.07, 6.45) is 0.0437. The summed E-state index contributed by atoms with van der Waals surface area (Å²) in [6, 6.07) is 11.1. The number of anilines is 1. The Morgan fingerprint density at radius 2 is 1.77 bits per heavy atom. The van der Waals surface area contributed by atoms with Crippen molar-refractivity contribution >= 4 is 27.5 Å². The van der Waals surface area contributed by atoms with Crippen molar-refractivity contribution in [3.8, 4) is 5.75 Å². The monoisotopic (exact) mass is 433 g/mol. The summed E-state index contributed by atoms with van der Waals surface area (Å²) in [5, 5.41) is 2.74. The summed E-state index contributed by atoms with van der Waals surface area (Å²) in [4.78, 5) is 23.8. The second kappa shape index (κ2) is 9.27. The number of rotatable bonds is 8. The van der Waals surface area contributed by atoms with E-state index in [4.69, 9.17) is 10.5 Å². The Hall–Kier alpha value is -2.91. The molecule has 0 unspecified atom stereocenters. The molecule has 0 saturated heterocycles. The van der Waals surface area contributed by atoms with Crippen molar-refractivity contribution in [2.24, 2.45) is 5.73 Å². The van der Waals surface area contributed by atoms with Gasteiger partial charge in [0.15, 0.2) is 0 Å². The van der Waals surface area contributed by atoms with Gasteiger partial charge in [0, 0.05) is 11.1 Å². The SMILES string of the molecule is Cc1ccc(S(=O)(=O)NC(C)(C)C)cc1C(=O)Nc1ccccc1OCCC(N)=O. The predicted octanol–water partition coefficient (Wildman–Crippen LogP) is 2.58. The molecule has 0 aliphatic rings. The van der Waals surface area contributed by atoms with E-state index in [0.717, 1.165) is 0 Å². The van der Waals surface area contributed by atoms with Crippen molar-refractivity contribution in [1.82, 2.24) is 4.72 Å². The molecule has 0 fully saturated rings. The Morgan fingerprint density at radius 1 is 1.10 bits per heavy atom. The van der Waals surface area contributed by atoms with Gasteiger partial charge < -0.3 is 15.8 Å². The van der Waals surface area contributed by atoms with Crippen molar-refractivity contribution < 1.29 is 22.7 Å². The molecule has 0 aromatic heterocycles. The molecule has 162 valence electrons. The van der Waals surface area contributed by atoms with Gasteiger partial charge in [-0.1, -0.05) is 18.2 Å². The van der Waals surface area contributed by atoms with Crippen molar-refractivity contribution in [3.63, 3.8) is 0 Å². The number of primary amides is 1. The Balaban J connectivity index is 2.27. The Labute approximate surface area is 176 Å². The highest BCUT2D eigenvalue weighted by molar-refractivity contribution is 7.89. The molecule has 0 atom stereocenters. The summed E-state index contributed by atoms with van der Waals surface area (Å²) in [5.41, 5.74) is 5.69. The van der Waals surface area contributed by atoms with Crippen LogP contribution in [0.5, 0.6) is 5.75 Å². The van der Waals surface area contributed by atoms with E-state index < -0.39 is 27.4 Å². The molecule has 0 aliphatic carbocycles. The normalized spacial score (nSPS) is 11.7. The van der Waals surface area contributed by atoms with E-state index in [9.17, 15) is 18.0 Å². The molecular weight excluding hydrogens is 406 g/mol. The molecule has 2 aromatic rings. The van der Waals surface area contributed by atoms with Crippen molar-refractivity contribution in [1.29, 1.82) is 0 Å². The van der Waals surface area contributed by atoms with E-state index in [0.29, 0.717) is 17.0 Å². The smallest absolute Gasteiger partial charge is 0.256 e. The van der Waals surface area contributed by atoms with E-state index in [1.165, 1.54) is 12.1 Å². The zero-order chi connectivity index (χ0) is 22.5. The van der Waals surface area contributed by atoms with Gasteiger partial charge in [-0.2, -0.15) is 0 Å². The molecule has 9 heteroatoms. The number of para-hydroxylation sites is 2. The van der Waals surface area contributed by atoms with Crippen molar-refractivity contribution in [2.45, 2.75) is 44.6 Å². The topological polar surface area (TPSA) is 128 Å². The minimum atomic E-state index is -3.79. The first-order valence-corrected chi connectivity index (χ1v) is 10.8. The molecule has 0 radical (unpaired) electrons. The number of nitrogens with one attached hydrogen (secondary N) is 2. The van der Waals surface area contributed by atoms with Gasteiger partial charge >= 0.3 is 0 Å². The number of carbonyl (C=O) groups excluding carboxylic acids is 2. The Kier molecular flexibility index (Phi) is 7.22. The first-order chi connectivity index (χ1) is 13.9. The van der Waals surface area contributed by atoms with E-state index in [1.54, 1.807) is 58.0 Å². The molecule has 0 spiro atoms. The van der Waals surface area contributed by atoms with Crippen LogP contribution in [-0.2, 0) is 14.8 Å². The lowest BCUT2D eigenvalue weighted by Crippen LogP contribution is -2.40. The maximum Gasteiger partial charge on any atom is 0.256 e. The van der Waals surface area contributed by atoms with Gasteiger partial charge in [0.2, 0.25) is 15.9 Å². The molecule has 0 bridgehead atoms. The molecule has 8 nitrogen and oxygen atoms in total. The van der Waals surface area contributed by atoms with Crippen LogP contribution in [0.3, 0.4) is 0 Å². The molecule has 2 rings (SSSR count). The molecule has 0 saturated carbocycles. The molecule has 0 aliphatic heterocycles. The summed E-state index contributed by atoms with van der Waals surface area (Å²) in [6.45, 7) is 7.01. The van der Waals surface area contributed by atoms with Crippen LogP contribution in [0.25, 0.3) is 0 Å². The summed E-state index contributed by atoms with van der Waals surface area (Å²) >= 11 is 0. The van der Waals surface area contributed by atoms with Crippen molar-refractivity contribution in [3.05, 3.63) is 53.6 Å². The van der Waals surface area contributed by atoms with E-state index in [-0.39, 0.29) is 23.5 Å². The minimum absolute atomic E-state index is 0.000770. The highest BCUT2D eigenvalue weighted by atomic mass is 32.2. The number of hydrogen-bond acceptors (Lipinski definition) is 5. The lowest BCUT2D eigenvalue weighted by molar-refractivity contribution is -0.118. The van der Waals surface area contributed by atoms with Gasteiger partial charge in [-0.25, -0.2) is 13.1 Å². The lowest BCUT2D eigenvalue weighted by atomic mass is 10.1. The fraction of sp³-hybridized carbons (Fsp3) is 0.333. The maximum absolute atomic E-state index is 12.9.